The number of hydrogen-bond donors (Lipinski definition) is 1. The molecule has 0 atom stereocenters. The van der Waals surface area contributed by atoms with Crippen LogP contribution in [-0.4, -0.2) is 5.16 Å². The first-order valence-electron chi connectivity index (χ1n) is 4.90. The molecule has 2 rings (SSSR count). The van der Waals surface area contributed by atoms with Crippen LogP contribution in [0.25, 0.3) is 11.3 Å². The van der Waals surface area contributed by atoms with Gasteiger partial charge in [0.05, 0.1) is 11.1 Å². The van der Waals surface area contributed by atoms with E-state index in [9.17, 15) is 17.6 Å². The molecule has 0 saturated heterocycles. The zero-order valence-electron chi connectivity index (χ0n) is 9.18. The lowest BCUT2D eigenvalue weighted by molar-refractivity contribution is -0.139. The highest BCUT2D eigenvalue weighted by molar-refractivity contribution is 5.67. The third-order valence-corrected chi connectivity index (χ3v) is 2.51. The Morgan fingerprint density at radius 1 is 1.28 bits per heavy atom. The van der Waals surface area contributed by atoms with Gasteiger partial charge in [0.15, 0.2) is 11.6 Å². The topological polar surface area (TPSA) is 52.0 Å². The van der Waals surface area contributed by atoms with Crippen molar-refractivity contribution in [1.29, 1.82) is 0 Å². The number of nitrogens with zero attached hydrogens (tertiary/aromatic N) is 1. The van der Waals surface area contributed by atoms with Gasteiger partial charge in [-0.1, -0.05) is 11.2 Å². The molecule has 3 nitrogen and oxygen atoms in total. The predicted octanol–water partition coefficient (Wildman–Crippen LogP) is 3.39. The second kappa shape index (κ2) is 4.01. The first-order chi connectivity index (χ1) is 8.32. The molecule has 0 unspecified atom stereocenters. The molecular weight excluding hydrogens is 252 g/mol. The molecule has 7 heteroatoms. The first kappa shape index (κ1) is 12.4. The van der Waals surface area contributed by atoms with Crippen molar-refractivity contribution in [2.75, 3.05) is 5.73 Å². The second-order valence-electron chi connectivity index (χ2n) is 3.69. The Morgan fingerprint density at radius 2 is 1.94 bits per heavy atom. The number of hydrogen-bond acceptors (Lipinski definition) is 3. The molecule has 0 radical (unpaired) electrons. The maximum atomic E-state index is 13.8. The van der Waals surface area contributed by atoms with Crippen LogP contribution in [0.2, 0.25) is 0 Å². The van der Waals surface area contributed by atoms with Gasteiger partial charge in [-0.15, -0.1) is 0 Å². The van der Waals surface area contributed by atoms with E-state index >= 15 is 0 Å². The van der Waals surface area contributed by atoms with E-state index in [2.05, 4.69) is 5.16 Å². The summed E-state index contributed by atoms with van der Waals surface area (Å²) in [6.45, 7) is 1.49. The van der Waals surface area contributed by atoms with E-state index < -0.39 is 17.6 Å². The Morgan fingerprint density at radius 3 is 2.44 bits per heavy atom. The Labute approximate surface area is 99.2 Å². The van der Waals surface area contributed by atoms with Gasteiger partial charge < -0.3 is 10.3 Å². The lowest BCUT2D eigenvalue weighted by Gasteiger charge is -2.09. The molecule has 0 aliphatic carbocycles. The highest BCUT2D eigenvalue weighted by Gasteiger charge is 2.35. The number of nitrogen functional groups attached to an aromatic ring is 1. The largest absolute Gasteiger partial charge is 0.419 e. The summed E-state index contributed by atoms with van der Waals surface area (Å²) in [5.41, 5.74) is 4.04. The van der Waals surface area contributed by atoms with E-state index in [0.29, 0.717) is 11.6 Å². The lowest BCUT2D eigenvalue weighted by atomic mass is 10.0. The fourth-order valence-corrected chi connectivity index (χ4v) is 1.53. The van der Waals surface area contributed by atoms with Gasteiger partial charge in [0.2, 0.25) is 0 Å². The minimum Gasteiger partial charge on any atom is -0.381 e. The molecule has 2 aromatic rings. The molecule has 1 heterocycles. The van der Waals surface area contributed by atoms with Gasteiger partial charge in [0, 0.05) is 5.56 Å². The number of aromatic nitrogens is 1. The summed E-state index contributed by atoms with van der Waals surface area (Å²) < 4.78 is 56.2. The molecule has 0 bridgehead atoms. The molecule has 1 aromatic heterocycles. The van der Waals surface area contributed by atoms with Gasteiger partial charge in [-0.3, -0.25) is 0 Å². The van der Waals surface area contributed by atoms with E-state index in [1.54, 1.807) is 0 Å². The fraction of sp³-hybridized carbons (Fsp3) is 0.182. The van der Waals surface area contributed by atoms with Crippen LogP contribution in [0.15, 0.2) is 22.7 Å². The zero-order valence-corrected chi connectivity index (χ0v) is 9.18. The number of benzene rings is 1. The number of anilines is 1. The molecular formula is C11H8F4N2O. The van der Waals surface area contributed by atoms with Crippen LogP contribution >= 0.6 is 0 Å². The Bertz CT molecular complexity index is 589. The number of rotatable bonds is 1. The first-order valence-corrected chi connectivity index (χ1v) is 4.90. The summed E-state index contributed by atoms with van der Waals surface area (Å²) in [5, 5.41) is 3.38. The maximum Gasteiger partial charge on any atom is 0.419 e. The summed E-state index contributed by atoms with van der Waals surface area (Å²) in [4.78, 5) is 0. The molecule has 0 fully saturated rings. The molecule has 0 spiro atoms. The molecule has 2 N–H and O–H groups in total. The quantitative estimate of drug-likeness (QED) is 0.799. The summed E-state index contributed by atoms with van der Waals surface area (Å²) >= 11 is 0. The summed E-state index contributed by atoms with van der Waals surface area (Å²) in [6.07, 6.45) is -4.76. The van der Waals surface area contributed by atoms with Gasteiger partial charge in [0.25, 0.3) is 0 Å². The third-order valence-electron chi connectivity index (χ3n) is 2.51. The van der Waals surface area contributed by atoms with E-state index in [4.69, 9.17) is 10.3 Å². The third kappa shape index (κ3) is 1.92. The highest BCUT2D eigenvalue weighted by atomic mass is 19.4. The highest BCUT2D eigenvalue weighted by Crippen LogP contribution is 2.37. The molecule has 0 aliphatic rings. The van der Waals surface area contributed by atoms with Crippen LogP contribution in [0, 0.1) is 12.7 Å². The Kier molecular flexibility index (Phi) is 2.76. The molecule has 0 aliphatic heterocycles. The second-order valence-corrected chi connectivity index (χ2v) is 3.69. The minimum absolute atomic E-state index is 0.0156. The van der Waals surface area contributed by atoms with Crippen LogP contribution in [-0.2, 0) is 6.18 Å². The average molecular weight is 260 g/mol. The minimum atomic E-state index is -4.76. The normalized spacial score (nSPS) is 11.8. The van der Waals surface area contributed by atoms with Crippen molar-refractivity contribution >= 4 is 5.82 Å². The number of halogens is 4. The van der Waals surface area contributed by atoms with E-state index in [-0.39, 0.29) is 17.1 Å². The smallest absolute Gasteiger partial charge is 0.381 e. The molecule has 0 amide bonds. The summed E-state index contributed by atoms with van der Waals surface area (Å²) in [7, 11) is 0. The average Bonchev–Trinajstić information content (AvgIpc) is 2.59. The summed E-state index contributed by atoms with van der Waals surface area (Å²) in [5.74, 6) is -1.48. The van der Waals surface area contributed by atoms with Crippen molar-refractivity contribution in [3.63, 3.8) is 0 Å². The van der Waals surface area contributed by atoms with Crippen LogP contribution < -0.4 is 5.73 Å². The lowest BCUT2D eigenvalue weighted by Crippen LogP contribution is -2.08. The van der Waals surface area contributed by atoms with E-state index in [0.717, 1.165) is 6.07 Å². The zero-order chi connectivity index (χ0) is 13.5. The van der Waals surface area contributed by atoms with Crippen molar-refractivity contribution in [2.45, 2.75) is 13.1 Å². The van der Waals surface area contributed by atoms with Gasteiger partial charge in [-0.25, -0.2) is 4.39 Å². The van der Waals surface area contributed by atoms with Crippen LogP contribution in [0.4, 0.5) is 23.4 Å². The van der Waals surface area contributed by atoms with Gasteiger partial charge in [-0.2, -0.15) is 13.2 Å². The molecule has 0 saturated carbocycles. The number of alkyl halides is 3. The monoisotopic (exact) mass is 260 g/mol. The SMILES string of the molecule is Cc1c(N)noc1-c1cccc(C(F)(F)F)c1F. The van der Waals surface area contributed by atoms with Crippen molar-refractivity contribution in [1.82, 2.24) is 5.16 Å². The summed E-state index contributed by atoms with van der Waals surface area (Å²) in [6, 6.07) is 2.94. The fourth-order valence-electron chi connectivity index (χ4n) is 1.53. The van der Waals surface area contributed by atoms with Crippen molar-refractivity contribution < 1.29 is 22.1 Å². The maximum absolute atomic E-state index is 13.8. The standard InChI is InChI=1S/C11H8F4N2O/c1-5-9(18-17-10(5)16)6-3-2-4-7(8(6)12)11(13,14)15/h2-4H,1H3,(H2,16,17). The van der Waals surface area contributed by atoms with Gasteiger partial charge >= 0.3 is 6.18 Å². The molecule has 18 heavy (non-hydrogen) atoms. The van der Waals surface area contributed by atoms with Crippen molar-refractivity contribution in [3.05, 3.63) is 35.1 Å². The van der Waals surface area contributed by atoms with Gasteiger partial charge in [0.1, 0.15) is 5.82 Å². The van der Waals surface area contributed by atoms with Crippen LogP contribution in [0.5, 0.6) is 0 Å². The Balaban J connectivity index is 2.64. The van der Waals surface area contributed by atoms with Crippen LogP contribution in [0.3, 0.4) is 0 Å². The van der Waals surface area contributed by atoms with E-state index in [1.165, 1.54) is 13.0 Å². The Hall–Kier alpha value is -2.05. The van der Waals surface area contributed by atoms with Crippen molar-refractivity contribution in [2.24, 2.45) is 0 Å². The number of nitrogens with two attached hydrogens (primary N) is 1. The predicted molar refractivity (Wildman–Crippen MR) is 56.0 cm³/mol. The van der Waals surface area contributed by atoms with Crippen LogP contribution in [0.1, 0.15) is 11.1 Å². The molecule has 96 valence electrons. The van der Waals surface area contributed by atoms with E-state index in [1.807, 2.05) is 0 Å². The van der Waals surface area contributed by atoms with Gasteiger partial charge in [-0.05, 0) is 19.1 Å². The van der Waals surface area contributed by atoms with Crippen molar-refractivity contribution in [3.8, 4) is 11.3 Å². The molecule has 1 aromatic carbocycles.